The van der Waals surface area contributed by atoms with Crippen LogP contribution in [0.4, 0.5) is 17.3 Å². The second-order valence-electron chi connectivity index (χ2n) is 7.77. The fraction of sp³-hybridized carbons (Fsp3) is 0.217. The van der Waals surface area contributed by atoms with E-state index in [1.807, 2.05) is 24.4 Å². The van der Waals surface area contributed by atoms with E-state index in [9.17, 15) is 4.79 Å². The number of hydrogen-bond acceptors (Lipinski definition) is 7. The van der Waals surface area contributed by atoms with E-state index in [0.717, 1.165) is 37.4 Å². The summed E-state index contributed by atoms with van der Waals surface area (Å²) in [6.07, 6.45) is 3.84. The van der Waals surface area contributed by atoms with Crippen LogP contribution in [0.1, 0.15) is 11.3 Å². The van der Waals surface area contributed by atoms with Crippen LogP contribution in [0.2, 0.25) is 10.0 Å². The van der Waals surface area contributed by atoms with Crippen molar-refractivity contribution in [2.24, 2.45) is 0 Å². The summed E-state index contributed by atoms with van der Waals surface area (Å²) in [6.45, 7) is 3.79. The number of rotatable bonds is 5. The van der Waals surface area contributed by atoms with Crippen molar-refractivity contribution in [1.82, 2.24) is 25.5 Å². The third-order valence-corrected chi connectivity index (χ3v) is 6.30. The lowest BCUT2D eigenvalue weighted by Crippen LogP contribution is -2.43. The van der Waals surface area contributed by atoms with Gasteiger partial charge in [0.1, 0.15) is 11.6 Å². The Labute approximate surface area is 200 Å². The van der Waals surface area contributed by atoms with Gasteiger partial charge in [-0.05, 0) is 35.9 Å². The van der Waals surface area contributed by atoms with Crippen LogP contribution in [0.5, 0.6) is 0 Å². The number of aromatic amines is 1. The number of nitrogens with zero attached hydrogens (tertiary/aromatic N) is 4. The Hall–Kier alpha value is -3.20. The van der Waals surface area contributed by atoms with Gasteiger partial charge in [-0.15, -0.1) is 0 Å². The third kappa shape index (κ3) is 4.64. The van der Waals surface area contributed by atoms with E-state index < -0.39 is 0 Å². The quantitative estimate of drug-likeness (QED) is 0.399. The summed E-state index contributed by atoms with van der Waals surface area (Å²) in [5.74, 6) is 0.989. The van der Waals surface area contributed by atoms with Crippen molar-refractivity contribution in [3.05, 3.63) is 80.4 Å². The van der Waals surface area contributed by atoms with Crippen LogP contribution in [-0.4, -0.2) is 46.3 Å². The lowest BCUT2D eigenvalue weighted by molar-refractivity contribution is 0.589. The highest BCUT2D eigenvalue weighted by atomic mass is 35.5. The first-order valence-electron chi connectivity index (χ1n) is 10.6. The Morgan fingerprint density at radius 2 is 1.85 bits per heavy atom. The number of benzene rings is 1. The summed E-state index contributed by atoms with van der Waals surface area (Å²) in [7, 11) is 0. The van der Waals surface area contributed by atoms with Crippen LogP contribution < -0.4 is 21.1 Å². The molecule has 33 heavy (non-hydrogen) atoms. The fourth-order valence-electron chi connectivity index (χ4n) is 3.93. The van der Waals surface area contributed by atoms with Gasteiger partial charge in [0.2, 0.25) is 0 Å². The maximum Gasteiger partial charge on any atom is 0.275 e. The molecule has 5 rings (SSSR count). The number of fused-ring (bicyclic) bond motifs is 1. The summed E-state index contributed by atoms with van der Waals surface area (Å²) in [4.78, 5) is 24.1. The molecular weight excluding hydrogens is 461 g/mol. The highest BCUT2D eigenvalue weighted by Crippen LogP contribution is 2.29. The molecule has 0 unspecified atom stereocenters. The first kappa shape index (κ1) is 21.6. The maximum atomic E-state index is 12.6. The van der Waals surface area contributed by atoms with Crippen LogP contribution in [0.25, 0.3) is 10.8 Å². The fourth-order valence-corrected chi connectivity index (χ4v) is 4.46. The normalized spacial score (nSPS) is 13.9. The van der Waals surface area contributed by atoms with Crippen LogP contribution in [0.15, 0.2) is 53.6 Å². The van der Waals surface area contributed by atoms with Crippen molar-refractivity contribution in [1.29, 1.82) is 0 Å². The van der Waals surface area contributed by atoms with Crippen LogP contribution in [-0.2, 0) is 6.42 Å². The van der Waals surface area contributed by atoms with Gasteiger partial charge >= 0.3 is 0 Å². The zero-order valence-corrected chi connectivity index (χ0v) is 19.1. The van der Waals surface area contributed by atoms with Gasteiger partial charge in [-0.1, -0.05) is 29.3 Å². The Balaban J connectivity index is 1.49. The molecule has 0 bridgehead atoms. The second-order valence-corrected chi connectivity index (χ2v) is 8.58. The summed E-state index contributed by atoms with van der Waals surface area (Å²) >= 11 is 12.7. The van der Waals surface area contributed by atoms with Crippen molar-refractivity contribution in [3.63, 3.8) is 0 Å². The number of hydrogen-bond donors (Lipinski definition) is 3. The van der Waals surface area contributed by atoms with Crippen molar-refractivity contribution in [2.75, 3.05) is 36.4 Å². The van der Waals surface area contributed by atoms with E-state index in [0.29, 0.717) is 44.6 Å². The number of halogens is 2. The molecule has 1 saturated heterocycles. The zero-order valence-electron chi connectivity index (χ0n) is 17.6. The monoisotopic (exact) mass is 481 g/mol. The molecule has 0 radical (unpaired) electrons. The van der Waals surface area contributed by atoms with E-state index in [2.05, 4.69) is 30.7 Å². The molecule has 168 valence electrons. The molecule has 0 spiro atoms. The largest absolute Gasteiger partial charge is 0.368 e. The van der Waals surface area contributed by atoms with Gasteiger partial charge in [-0.2, -0.15) is 5.10 Å². The molecule has 4 heterocycles. The van der Waals surface area contributed by atoms with Gasteiger partial charge in [0.05, 0.1) is 23.5 Å². The standard InChI is InChI=1S/C23H21Cl2N7O/c24-18-2-1-3-19(25)17(18)11-15-10-14-12-28-31-23(33)21(14)22(29-15)30-20-5-4-16(13-27-20)32-8-6-26-7-9-32/h1-5,10,12-13,26H,6-9,11H2,(H,31,33)(H,27,29,30). The molecule has 1 aliphatic heterocycles. The molecule has 10 heteroatoms. The summed E-state index contributed by atoms with van der Waals surface area (Å²) < 4.78 is 0. The molecule has 1 aliphatic rings. The molecule has 0 aliphatic carbocycles. The minimum absolute atomic E-state index is 0.331. The lowest BCUT2D eigenvalue weighted by Gasteiger charge is -2.29. The molecule has 0 atom stereocenters. The molecule has 3 N–H and O–H groups in total. The number of nitrogens with one attached hydrogen (secondary N) is 3. The number of piperazine rings is 1. The van der Waals surface area contributed by atoms with Gasteiger partial charge in [0, 0.05) is 53.7 Å². The summed E-state index contributed by atoms with van der Waals surface area (Å²) in [5, 5.41) is 15.2. The molecule has 3 aromatic heterocycles. The summed E-state index contributed by atoms with van der Waals surface area (Å²) in [5.41, 5.74) is 2.20. The van der Waals surface area contributed by atoms with Crippen LogP contribution in [0, 0.1) is 0 Å². The smallest absolute Gasteiger partial charge is 0.275 e. The van der Waals surface area contributed by atoms with Crippen molar-refractivity contribution < 1.29 is 0 Å². The van der Waals surface area contributed by atoms with Gasteiger partial charge in [0.15, 0.2) is 0 Å². The van der Waals surface area contributed by atoms with Crippen molar-refractivity contribution >= 4 is 51.3 Å². The van der Waals surface area contributed by atoms with E-state index in [-0.39, 0.29) is 5.56 Å². The van der Waals surface area contributed by atoms with Crippen LogP contribution >= 0.6 is 23.2 Å². The van der Waals surface area contributed by atoms with Gasteiger partial charge in [0.25, 0.3) is 5.56 Å². The van der Waals surface area contributed by atoms with Gasteiger partial charge in [-0.25, -0.2) is 15.1 Å². The molecule has 0 amide bonds. The SMILES string of the molecule is O=c1[nH]ncc2cc(Cc3c(Cl)cccc3Cl)nc(Nc3ccc(N4CCNCC4)cn3)c12. The Morgan fingerprint density at radius 3 is 2.58 bits per heavy atom. The number of aromatic nitrogens is 4. The number of H-pyrrole nitrogens is 1. The van der Waals surface area contributed by atoms with Crippen molar-refractivity contribution in [3.8, 4) is 0 Å². The number of anilines is 3. The van der Waals surface area contributed by atoms with Gasteiger partial charge < -0.3 is 15.5 Å². The van der Waals surface area contributed by atoms with E-state index in [1.165, 1.54) is 0 Å². The topological polar surface area (TPSA) is 98.8 Å². The minimum Gasteiger partial charge on any atom is -0.368 e. The molecule has 4 aromatic rings. The van der Waals surface area contributed by atoms with E-state index in [4.69, 9.17) is 28.2 Å². The molecule has 0 saturated carbocycles. The molecule has 1 fully saturated rings. The zero-order chi connectivity index (χ0) is 22.8. The minimum atomic E-state index is -0.331. The van der Waals surface area contributed by atoms with Gasteiger partial charge in [-0.3, -0.25) is 4.79 Å². The molecule has 8 nitrogen and oxygen atoms in total. The predicted molar refractivity (Wildman–Crippen MR) is 132 cm³/mol. The maximum absolute atomic E-state index is 12.6. The lowest BCUT2D eigenvalue weighted by atomic mass is 10.1. The average Bonchev–Trinajstić information content (AvgIpc) is 2.82. The first-order chi connectivity index (χ1) is 16.1. The van der Waals surface area contributed by atoms with E-state index >= 15 is 0 Å². The number of pyridine rings is 2. The van der Waals surface area contributed by atoms with E-state index in [1.54, 1.807) is 24.4 Å². The summed E-state index contributed by atoms with van der Waals surface area (Å²) in [6, 6.07) is 11.1. The third-order valence-electron chi connectivity index (χ3n) is 5.60. The highest BCUT2D eigenvalue weighted by molar-refractivity contribution is 6.36. The Kier molecular flexibility index (Phi) is 6.13. The molecule has 1 aromatic carbocycles. The van der Waals surface area contributed by atoms with Crippen LogP contribution in [0.3, 0.4) is 0 Å². The Morgan fingerprint density at radius 1 is 1.06 bits per heavy atom. The second kappa shape index (κ2) is 9.35. The highest BCUT2D eigenvalue weighted by Gasteiger charge is 2.15. The average molecular weight is 482 g/mol. The molecular formula is C23H21Cl2N7O. The Bertz CT molecular complexity index is 1330. The van der Waals surface area contributed by atoms with Crippen molar-refractivity contribution in [2.45, 2.75) is 6.42 Å². The predicted octanol–water partition coefficient (Wildman–Crippen LogP) is 3.76. The first-order valence-corrected chi connectivity index (χ1v) is 11.3.